The Labute approximate surface area is 67.5 Å². The zero-order valence-corrected chi connectivity index (χ0v) is 7.20. The van der Waals surface area contributed by atoms with Crippen LogP contribution in [0.25, 0.3) is 0 Å². The van der Waals surface area contributed by atoms with Gasteiger partial charge < -0.3 is 9.47 Å². The van der Waals surface area contributed by atoms with Gasteiger partial charge in [-0.3, -0.25) is 0 Å². The number of hydrogen-bond acceptors (Lipinski definition) is 2. The highest BCUT2D eigenvalue weighted by molar-refractivity contribution is 5.19. The van der Waals surface area contributed by atoms with E-state index in [1.807, 2.05) is 19.1 Å². The molecule has 2 heteroatoms. The van der Waals surface area contributed by atoms with Crippen LogP contribution in [0.3, 0.4) is 0 Å². The van der Waals surface area contributed by atoms with Crippen LogP contribution in [0.4, 0.5) is 0 Å². The molecule has 0 fully saturated rings. The topological polar surface area (TPSA) is 18.5 Å². The Morgan fingerprint density at radius 3 is 2.91 bits per heavy atom. The predicted octanol–water partition coefficient (Wildman–Crippen LogP) is 1.88. The third kappa shape index (κ3) is 2.48. The summed E-state index contributed by atoms with van der Waals surface area (Å²) in [6.07, 6.45) is 5.93. The first-order valence-electron chi connectivity index (χ1n) is 3.77. The standard InChI is InChI=1S/C9H14O2/c1-7-4-5-9(10-3)11-8(2)6-7/h4-6,8-9H,1-3H3. The van der Waals surface area contributed by atoms with Gasteiger partial charge in [0, 0.05) is 7.11 Å². The second-order valence-corrected chi connectivity index (χ2v) is 2.72. The number of allylic oxidation sites excluding steroid dienone is 2. The average Bonchev–Trinajstić information content (AvgIpc) is 2.11. The van der Waals surface area contributed by atoms with Crippen LogP contribution in [0, 0.1) is 0 Å². The van der Waals surface area contributed by atoms with E-state index in [2.05, 4.69) is 13.0 Å². The minimum atomic E-state index is -0.196. The number of rotatable bonds is 1. The fourth-order valence-corrected chi connectivity index (χ4v) is 1.09. The molecule has 2 atom stereocenters. The summed E-state index contributed by atoms with van der Waals surface area (Å²) < 4.78 is 10.5. The SMILES string of the molecule is COC1C=CC(C)=CC(C)O1. The van der Waals surface area contributed by atoms with Crippen molar-refractivity contribution in [3.63, 3.8) is 0 Å². The molecule has 0 aromatic rings. The van der Waals surface area contributed by atoms with Gasteiger partial charge in [-0.25, -0.2) is 0 Å². The van der Waals surface area contributed by atoms with Crippen LogP contribution in [-0.2, 0) is 9.47 Å². The largest absolute Gasteiger partial charge is 0.352 e. The average molecular weight is 154 g/mol. The van der Waals surface area contributed by atoms with E-state index in [1.54, 1.807) is 7.11 Å². The summed E-state index contributed by atoms with van der Waals surface area (Å²) in [7, 11) is 1.64. The summed E-state index contributed by atoms with van der Waals surface area (Å²) in [5.74, 6) is 0. The molecule has 0 aromatic carbocycles. The Morgan fingerprint density at radius 1 is 1.55 bits per heavy atom. The molecular weight excluding hydrogens is 140 g/mol. The summed E-state index contributed by atoms with van der Waals surface area (Å²) in [5.41, 5.74) is 1.22. The molecule has 2 nitrogen and oxygen atoms in total. The monoisotopic (exact) mass is 154 g/mol. The Balaban J connectivity index is 2.64. The van der Waals surface area contributed by atoms with Gasteiger partial charge in [0.25, 0.3) is 0 Å². The Bertz CT molecular complexity index is 182. The van der Waals surface area contributed by atoms with Gasteiger partial charge in [0.2, 0.25) is 0 Å². The normalized spacial score (nSPS) is 31.4. The van der Waals surface area contributed by atoms with Crippen LogP contribution in [-0.4, -0.2) is 19.5 Å². The lowest BCUT2D eigenvalue weighted by Gasteiger charge is -2.13. The Hall–Kier alpha value is -0.600. The fourth-order valence-electron chi connectivity index (χ4n) is 1.09. The lowest BCUT2D eigenvalue weighted by Crippen LogP contribution is -2.16. The van der Waals surface area contributed by atoms with Gasteiger partial charge >= 0.3 is 0 Å². The third-order valence-corrected chi connectivity index (χ3v) is 1.59. The van der Waals surface area contributed by atoms with E-state index in [-0.39, 0.29) is 12.4 Å². The maximum atomic E-state index is 5.45. The van der Waals surface area contributed by atoms with E-state index in [0.29, 0.717) is 0 Å². The second-order valence-electron chi connectivity index (χ2n) is 2.72. The lowest BCUT2D eigenvalue weighted by atomic mass is 10.2. The van der Waals surface area contributed by atoms with Crippen LogP contribution in [0.2, 0.25) is 0 Å². The smallest absolute Gasteiger partial charge is 0.177 e. The van der Waals surface area contributed by atoms with Gasteiger partial charge in [-0.1, -0.05) is 17.7 Å². The van der Waals surface area contributed by atoms with Crippen molar-refractivity contribution < 1.29 is 9.47 Å². The van der Waals surface area contributed by atoms with Crippen molar-refractivity contribution in [2.45, 2.75) is 26.2 Å². The molecule has 1 aliphatic heterocycles. The third-order valence-electron chi connectivity index (χ3n) is 1.59. The van der Waals surface area contributed by atoms with E-state index in [4.69, 9.17) is 9.47 Å². The molecule has 0 saturated carbocycles. The predicted molar refractivity (Wildman–Crippen MR) is 44.2 cm³/mol. The van der Waals surface area contributed by atoms with Crippen molar-refractivity contribution in [1.29, 1.82) is 0 Å². The number of hydrogen-bond donors (Lipinski definition) is 0. The number of methoxy groups -OCH3 is 1. The highest BCUT2D eigenvalue weighted by atomic mass is 16.7. The molecule has 0 N–H and O–H groups in total. The summed E-state index contributed by atoms with van der Waals surface area (Å²) in [6, 6.07) is 0. The molecule has 0 spiro atoms. The van der Waals surface area contributed by atoms with Crippen molar-refractivity contribution in [2.24, 2.45) is 0 Å². The Morgan fingerprint density at radius 2 is 2.27 bits per heavy atom. The van der Waals surface area contributed by atoms with Gasteiger partial charge in [-0.2, -0.15) is 0 Å². The van der Waals surface area contributed by atoms with Crippen LogP contribution >= 0.6 is 0 Å². The van der Waals surface area contributed by atoms with E-state index < -0.39 is 0 Å². The maximum Gasteiger partial charge on any atom is 0.177 e. The molecular formula is C9H14O2. The molecule has 2 unspecified atom stereocenters. The van der Waals surface area contributed by atoms with Crippen molar-refractivity contribution >= 4 is 0 Å². The molecule has 0 saturated heterocycles. The fraction of sp³-hybridized carbons (Fsp3) is 0.556. The van der Waals surface area contributed by atoms with E-state index in [1.165, 1.54) is 5.57 Å². The van der Waals surface area contributed by atoms with E-state index in [0.717, 1.165) is 0 Å². The first kappa shape index (κ1) is 8.50. The summed E-state index contributed by atoms with van der Waals surface area (Å²) in [4.78, 5) is 0. The number of ether oxygens (including phenoxy) is 2. The second kappa shape index (κ2) is 3.69. The van der Waals surface area contributed by atoms with Crippen molar-refractivity contribution in [3.05, 3.63) is 23.8 Å². The summed E-state index contributed by atoms with van der Waals surface area (Å²) in [5, 5.41) is 0. The highest BCUT2D eigenvalue weighted by Gasteiger charge is 2.09. The lowest BCUT2D eigenvalue weighted by molar-refractivity contribution is -0.106. The van der Waals surface area contributed by atoms with E-state index in [9.17, 15) is 0 Å². The minimum absolute atomic E-state index is 0.134. The van der Waals surface area contributed by atoms with Gasteiger partial charge in [0.05, 0.1) is 6.10 Å². The first-order chi connectivity index (χ1) is 5.22. The van der Waals surface area contributed by atoms with Crippen LogP contribution < -0.4 is 0 Å². The summed E-state index contributed by atoms with van der Waals surface area (Å²) >= 11 is 0. The highest BCUT2D eigenvalue weighted by Crippen LogP contribution is 2.11. The van der Waals surface area contributed by atoms with Crippen LogP contribution in [0.1, 0.15) is 13.8 Å². The molecule has 0 amide bonds. The Kier molecular flexibility index (Phi) is 2.85. The molecule has 1 heterocycles. The molecule has 1 aliphatic rings. The van der Waals surface area contributed by atoms with Crippen LogP contribution in [0.5, 0.6) is 0 Å². The minimum Gasteiger partial charge on any atom is -0.352 e. The van der Waals surface area contributed by atoms with Crippen molar-refractivity contribution in [2.75, 3.05) is 7.11 Å². The molecule has 0 aromatic heterocycles. The van der Waals surface area contributed by atoms with Crippen molar-refractivity contribution in [1.82, 2.24) is 0 Å². The van der Waals surface area contributed by atoms with Gasteiger partial charge in [0.1, 0.15) is 0 Å². The van der Waals surface area contributed by atoms with E-state index >= 15 is 0 Å². The van der Waals surface area contributed by atoms with Crippen molar-refractivity contribution in [3.8, 4) is 0 Å². The quantitative estimate of drug-likeness (QED) is 0.574. The zero-order chi connectivity index (χ0) is 8.27. The summed E-state index contributed by atoms with van der Waals surface area (Å²) in [6.45, 7) is 4.05. The zero-order valence-electron chi connectivity index (χ0n) is 7.20. The molecule has 0 bridgehead atoms. The van der Waals surface area contributed by atoms with Gasteiger partial charge in [0.15, 0.2) is 6.29 Å². The van der Waals surface area contributed by atoms with Gasteiger partial charge in [-0.15, -0.1) is 0 Å². The molecule has 11 heavy (non-hydrogen) atoms. The molecule has 0 radical (unpaired) electrons. The molecule has 0 aliphatic carbocycles. The molecule has 1 rings (SSSR count). The first-order valence-corrected chi connectivity index (χ1v) is 3.77. The maximum absolute atomic E-state index is 5.45. The van der Waals surface area contributed by atoms with Crippen LogP contribution in [0.15, 0.2) is 23.8 Å². The van der Waals surface area contributed by atoms with Gasteiger partial charge in [-0.05, 0) is 19.9 Å². The molecule has 62 valence electrons.